The number of ether oxygens (including phenoxy) is 2. The summed E-state index contributed by atoms with van der Waals surface area (Å²) >= 11 is 0. The van der Waals surface area contributed by atoms with Crippen molar-refractivity contribution in [1.29, 1.82) is 0 Å². The number of aliphatic carboxylic acids is 1. The number of carboxylic acid groups (broad SMARTS) is 1. The van der Waals surface area contributed by atoms with Gasteiger partial charge in [0.2, 0.25) is 0 Å². The third-order valence-corrected chi connectivity index (χ3v) is 2.71. The number of rotatable bonds is 5. The summed E-state index contributed by atoms with van der Waals surface area (Å²) in [6.07, 6.45) is 1.14. The number of hydrogen-bond acceptors (Lipinski definition) is 4. The van der Waals surface area contributed by atoms with Gasteiger partial charge in [-0.2, -0.15) is 0 Å². The first-order valence-electron chi connectivity index (χ1n) is 6.28. The van der Waals surface area contributed by atoms with Gasteiger partial charge in [-0.3, -0.25) is 4.79 Å². The van der Waals surface area contributed by atoms with Gasteiger partial charge in [0.05, 0.1) is 25.2 Å². The minimum absolute atomic E-state index is 0.0234. The van der Waals surface area contributed by atoms with E-state index in [0.29, 0.717) is 13.1 Å². The number of amides is 1. The summed E-state index contributed by atoms with van der Waals surface area (Å²) in [7, 11) is 0. The lowest BCUT2D eigenvalue weighted by molar-refractivity contribution is -0.138. The molecule has 18 heavy (non-hydrogen) atoms. The van der Waals surface area contributed by atoms with Gasteiger partial charge in [0, 0.05) is 13.1 Å². The van der Waals surface area contributed by atoms with Crippen molar-refractivity contribution in [3.8, 4) is 0 Å². The molecule has 1 aliphatic heterocycles. The summed E-state index contributed by atoms with van der Waals surface area (Å²) in [4.78, 5) is 23.6. The molecule has 6 heteroatoms. The number of carbonyl (C=O) groups excluding carboxylic acids is 1. The molecule has 1 fully saturated rings. The molecule has 0 aromatic heterocycles. The van der Waals surface area contributed by atoms with Crippen LogP contribution >= 0.6 is 0 Å². The molecule has 1 rings (SSSR count). The molecule has 0 spiro atoms. The van der Waals surface area contributed by atoms with Crippen molar-refractivity contribution >= 4 is 12.1 Å². The fourth-order valence-electron chi connectivity index (χ4n) is 1.79. The van der Waals surface area contributed by atoms with Gasteiger partial charge in [0.25, 0.3) is 0 Å². The lowest BCUT2D eigenvalue weighted by Gasteiger charge is -2.31. The highest BCUT2D eigenvalue weighted by molar-refractivity contribution is 5.68. The Hall–Kier alpha value is -1.30. The second-order valence-corrected chi connectivity index (χ2v) is 4.63. The van der Waals surface area contributed by atoms with Crippen molar-refractivity contribution in [2.24, 2.45) is 0 Å². The van der Waals surface area contributed by atoms with Gasteiger partial charge in [-0.05, 0) is 26.7 Å². The van der Waals surface area contributed by atoms with E-state index in [9.17, 15) is 9.59 Å². The number of hydrogen-bond donors (Lipinski definition) is 1. The van der Waals surface area contributed by atoms with Crippen LogP contribution in [0.4, 0.5) is 4.79 Å². The lowest BCUT2D eigenvalue weighted by atomic mass is 10.1. The van der Waals surface area contributed by atoms with Gasteiger partial charge in [-0.1, -0.05) is 0 Å². The molecule has 1 aliphatic rings. The van der Waals surface area contributed by atoms with Crippen molar-refractivity contribution in [3.63, 3.8) is 0 Å². The third kappa shape index (κ3) is 5.35. The molecule has 1 N–H and O–H groups in total. The van der Waals surface area contributed by atoms with E-state index in [2.05, 4.69) is 0 Å². The van der Waals surface area contributed by atoms with Crippen LogP contribution in [0, 0.1) is 0 Å². The minimum atomic E-state index is -0.854. The molecule has 0 aromatic rings. The maximum atomic E-state index is 11.6. The Balaban J connectivity index is 2.20. The maximum Gasteiger partial charge on any atom is 0.410 e. The van der Waals surface area contributed by atoms with Crippen LogP contribution in [-0.2, 0) is 14.3 Å². The topological polar surface area (TPSA) is 76.1 Å². The first-order chi connectivity index (χ1) is 8.49. The average molecular weight is 259 g/mol. The highest BCUT2D eigenvalue weighted by atomic mass is 16.6. The third-order valence-electron chi connectivity index (χ3n) is 2.71. The van der Waals surface area contributed by atoms with E-state index >= 15 is 0 Å². The zero-order valence-electron chi connectivity index (χ0n) is 10.9. The van der Waals surface area contributed by atoms with Crippen LogP contribution in [0.2, 0.25) is 0 Å². The molecular weight excluding hydrogens is 238 g/mol. The van der Waals surface area contributed by atoms with E-state index in [4.69, 9.17) is 14.6 Å². The molecule has 104 valence electrons. The second-order valence-electron chi connectivity index (χ2n) is 4.63. The fourth-order valence-corrected chi connectivity index (χ4v) is 1.79. The van der Waals surface area contributed by atoms with E-state index in [0.717, 1.165) is 12.8 Å². The Bertz CT molecular complexity index is 284. The van der Waals surface area contributed by atoms with Crippen LogP contribution in [0.3, 0.4) is 0 Å². The SMILES string of the molecule is CC(C)OC(=O)N1CCC(OCCC(=O)O)CC1. The predicted molar refractivity (Wildman–Crippen MR) is 64.4 cm³/mol. The molecular formula is C12H21NO5. The zero-order chi connectivity index (χ0) is 13.5. The van der Waals surface area contributed by atoms with Crippen molar-refractivity contribution < 1.29 is 24.2 Å². The normalized spacial score (nSPS) is 16.9. The highest BCUT2D eigenvalue weighted by Crippen LogP contribution is 2.15. The summed E-state index contributed by atoms with van der Waals surface area (Å²) < 4.78 is 10.5. The number of piperidine rings is 1. The van der Waals surface area contributed by atoms with Crippen molar-refractivity contribution in [2.75, 3.05) is 19.7 Å². The smallest absolute Gasteiger partial charge is 0.410 e. The monoisotopic (exact) mass is 259 g/mol. The number of carboxylic acids is 1. The average Bonchev–Trinajstić information content (AvgIpc) is 2.28. The molecule has 0 unspecified atom stereocenters. The van der Waals surface area contributed by atoms with E-state index in [1.807, 2.05) is 13.8 Å². The second kappa shape index (κ2) is 7.20. The zero-order valence-corrected chi connectivity index (χ0v) is 10.9. The molecule has 0 radical (unpaired) electrons. The Morgan fingerprint density at radius 3 is 2.44 bits per heavy atom. The van der Waals surface area contributed by atoms with Crippen molar-refractivity contribution in [2.45, 2.75) is 45.3 Å². The summed E-state index contributed by atoms with van der Waals surface area (Å²) in [5.41, 5.74) is 0. The van der Waals surface area contributed by atoms with Crippen LogP contribution in [0.1, 0.15) is 33.1 Å². The molecule has 0 atom stereocenters. The summed E-state index contributed by atoms with van der Waals surface area (Å²) in [6, 6.07) is 0. The van der Waals surface area contributed by atoms with Crippen LogP contribution in [0.5, 0.6) is 0 Å². The van der Waals surface area contributed by atoms with E-state index in [1.165, 1.54) is 0 Å². The van der Waals surface area contributed by atoms with E-state index in [1.54, 1.807) is 4.90 Å². The molecule has 0 saturated carbocycles. The van der Waals surface area contributed by atoms with Crippen LogP contribution in [-0.4, -0.2) is 54.0 Å². The van der Waals surface area contributed by atoms with Crippen LogP contribution in [0.15, 0.2) is 0 Å². The largest absolute Gasteiger partial charge is 0.481 e. The summed E-state index contributed by atoms with van der Waals surface area (Å²) in [6.45, 7) is 5.07. The Kier molecular flexibility index (Phi) is 5.91. The standard InChI is InChI=1S/C12H21NO5/c1-9(2)18-12(16)13-6-3-10(4-7-13)17-8-5-11(14)15/h9-10H,3-8H2,1-2H3,(H,14,15). The predicted octanol–water partition coefficient (Wildman–Crippen LogP) is 1.49. The Morgan fingerprint density at radius 1 is 1.33 bits per heavy atom. The summed E-state index contributed by atoms with van der Waals surface area (Å²) in [5.74, 6) is -0.854. The first-order valence-corrected chi connectivity index (χ1v) is 6.28. The molecule has 0 aromatic carbocycles. The Morgan fingerprint density at radius 2 is 1.94 bits per heavy atom. The molecule has 0 bridgehead atoms. The van der Waals surface area contributed by atoms with E-state index < -0.39 is 5.97 Å². The quantitative estimate of drug-likeness (QED) is 0.809. The minimum Gasteiger partial charge on any atom is -0.481 e. The molecule has 1 heterocycles. The molecule has 0 aliphatic carbocycles. The number of carbonyl (C=O) groups is 2. The maximum absolute atomic E-state index is 11.6. The van der Waals surface area contributed by atoms with Gasteiger partial charge in [0.1, 0.15) is 0 Å². The number of likely N-dealkylation sites (tertiary alicyclic amines) is 1. The van der Waals surface area contributed by atoms with Gasteiger partial charge in [0.15, 0.2) is 0 Å². The first kappa shape index (κ1) is 14.8. The van der Waals surface area contributed by atoms with Gasteiger partial charge in [-0.25, -0.2) is 4.79 Å². The van der Waals surface area contributed by atoms with Crippen LogP contribution in [0.25, 0.3) is 0 Å². The molecule has 6 nitrogen and oxygen atoms in total. The van der Waals surface area contributed by atoms with Gasteiger partial charge in [-0.15, -0.1) is 0 Å². The van der Waals surface area contributed by atoms with Gasteiger partial charge >= 0.3 is 12.1 Å². The molecule has 1 saturated heterocycles. The number of nitrogens with zero attached hydrogens (tertiary/aromatic N) is 1. The highest BCUT2D eigenvalue weighted by Gasteiger charge is 2.24. The Labute approximate surface area is 107 Å². The van der Waals surface area contributed by atoms with Crippen molar-refractivity contribution in [3.05, 3.63) is 0 Å². The van der Waals surface area contributed by atoms with Crippen molar-refractivity contribution in [1.82, 2.24) is 4.90 Å². The lowest BCUT2D eigenvalue weighted by Crippen LogP contribution is -2.42. The van der Waals surface area contributed by atoms with Crippen LogP contribution < -0.4 is 0 Å². The fraction of sp³-hybridized carbons (Fsp3) is 0.833. The molecule has 1 amide bonds. The van der Waals surface area contributed by atoms with E-state index in [-0.39, 0.29) is 31.3 Å². The van der Waals surface area contributed by atoms with Gasteiger partial charge < -0.3 is 19.5 Å². The summed E-state index contributed by atoms with van der Waals surface area (Å²) in [5, 5.41) is 8.49.